The molecule has 1 aromatic heterocycles. The molecule has 1 aromatic carbocycles. The van der Waals surface area contributed by atoms with E-state index in [9.17, 15) is 14.7 Å². The zero-order chi connectivity index (χ0) is 28.4. The fraction of sp³-hybridized carbons (Fsp3) is 0.433. The van der Waals surface area contributed by atoms with Crippen LogP contribution in [0, 0.1) is 6.92 Å². The van der Waals surface area contributed by atoms with Crippen molar-refractivity contribution in [2.45, 2.75) is 45.0 Å². The number of ether oxygens (including phenoxy) is 1. The summed E-state index contributed by atoms with van der Waals surface area (Å²) in [6, 6.07) is 5.88. The molecule has 212 valence electrons. The van der Waals surface area contributed by atoms with Gasteiger partial charge in [0.25, 0.3) is 0 Å². The highest BCUT2D eigenvalue weighted by Gasteiger charge is 2.39. The molecule has 2 aromatic rings. The van der Waals surface area contributed by atoms with E-state index in [-0.39, 0.29) is 24.3 Å². The molecule has 1 aliphatic carbocycles. The quantitative estimate of drug-likeness (QED) is 0.511. The fourth-order valence-corrected chi connectivity index (χ4v) is 5.81. The van der Waals surface area contributed by atoms with Crippen LogP contribution in [0.2, 0.25) is 0 Å². The van der Waals surface area contributed by atoms with Gasteiger partial charge in [0.05, 0.1) is 42.4 Å². The Hall–Kier alpha value is -3.89. The summed E-state index contributed by atoms with van der Waals surface area (Å²) < 4.78 is 7.33. The molecule has 2 amide bonds. The van der Waals surface area contributed by atoms with Crippen molar-refractivity contribution in [3.8, 4) is 0 Å². The summed E-state index contributed by atoms with van der Waals surface area (Å²) in [7, 11) is 1.90. The Morgan fingerprint density at radius 2 is 2.00 bits per heavy atom. The molecule has 3 heterocycles. The number of carbonyl (C=O) groups excluding carboxylic acids is 2. The molecule has 0 saturated carbocycles. The number of benzene rings is 1. The number of aliphatic hydroxyl groups is 1. The molecule has 40 heavy (non-hydrogen) atoms. The van der Waals surface area contributed by atoms with Crippen molar-refractivity contribution < 1.29 is 19.4 Å². The van der Waals surface area contributed by atoms with Gasteiger partial charge in [-0.05, 0) is 55.3 Å². The third-order valence-electron chi connectivity index (χ3n) is 7.71. The number of aryl methyl sites for hydroxylation is 2. The van der Waals surface area contributed by atoms with Gasteiger partial charge in [-0.2, -0.15) is 0 Å². The van der Waals surface area contributed by atoms with E-state index in [4.69, 9.17) is 4.74 Å². The van der Waals surface area contributed by atoms with Crippen LogP contribution in [0.4, 0.5) is 4.79 Å². The van der Waals surface area contributed by atoms with Crippen molar-refractivity contribution in [3.05, 3.63) is 83.1 Å². The molecule has 0 spiro atoms. The van der Waals surface area contributed by atoms with Crippen LogP contribution in [0.1, 0.15) is 48.3 Å². The Kier molecular flexibility index (Phi) is 8.09. The molecule has 1 saturated heterocycles. The van der Waals surface area contributed by atoms with Gasteiger partial charge < -0.3 is 29.9 Å². The Bertz CT molecular complexity index is 1350. The van der Waals surface area contributed by atoms with Gasteiger partial charge in [-0.1, -0.05) is 35.9 Å². The number of carbonyl (C=O) groups is 2. The van der Waals surface area contributed by atoms with E-state index < -0.39 is 18.6 Å². The molecule has 2 aliphatic heterocycles. The summed E-state index contributed by atoms with van der Waals surface area (Å²) >= 11 is 0. The molecule has 1 fully saturated rings. The Morgan fingerprint density at radius 1 is 1.23 bits per heavy atom. The van der Waals surface area contributed by atoms with Crippen LogP contribution in [0.3, 0.4) is 0 Å². The third kappa shape index (κ3) is 5.55. The van der Waals surface area contributed by atoms with E-state index in [1.54, 1.807) is 17.4 Å². The highest BCUT2D eigenvalue weighted by molar-refractivity contribution is 5.84. The molecule has 3 atom stereocenters. The number of aromatic nitrogens is 2. The van der Waals surface area contributed by atoms with Crippen LogP contribution in [-0.4, -0.2) is 81.4 Å². The maximum atomic E-state index is 12.6. The SMILES string of the molecule is Cc1ccc2c(c1)C([C@@H](NC(=O)CO)c1cncn1C)=CC1=CC=CNC1[C@H]2N1CCN(C(=O)OC(C)C)CC1. The van der Waals surface area contributed by atoms with Crippen molar-refractivity contribution in [3.63, 3.8) is 0 Å². The molecule has 3 N–H and O–H groups in total. The summed E-state index contributed by atoms with van der Waals surface area (Å²) in [6.07, 6.45) is 11.3. The zero-order valence-corrected chi connectivity index (χ0v) is 23.5. The lowest BCUT2D eigenvalue weighted by molar-refractivity contribution is -0.124. The maximum absolute atomic E-state index is 12.6. The molecule has 0 bridgehead atoms. The van der Waals surface area contributed by atoms with Crippen LogP contribution in [0.15, 0.2) is 60.7 Å². The molecular formula is C30H38N6O4. The average Bonchev–Trinajstić information content (AvgIpc) is 3.31. The summed E-state index contributed by atoms with van der Waals surface area (Å²) in [5.41, 5.74) is 6.10. The Balaban J connectivity index is 1.58. The second-order valence-corrected chi connectivity index (χ2v) is 10.8. The predicted molar refractivity (Wildman–Crippen MR) is 152 cm³/mol. The van der Waals surface area contributed by atoms with Crippen LogP contribution in [0.25, 0.3) is 5.57 Å². The van der Waals surface area contributed by atoms with Crippen LogP contribution >= 0.6 is 0 Å². The van der Waals surface area contributed by atoms with Crippen molar-refractivity contribution in [1.29, 1.82) is 0 Å². The summed E-state index contributed by atoms with van der Waals surface area (Å²) in [5.74, 6) is -0.460. The number of hydrogen-bond acceptors (Lipinski definition) is 7. The first-order valence-electron chi connectivity index (χ1n) is 13.8. The average molecular weight is 547 g/mol. The van der Waals surface area contributed by atoms with Crippen LogP contribution < -0.4 is 10.6 Å². The lowest BCUT2D eigenvalue weighted by atomic mass is 9.87. The number of imidazole rings is 1. The van der Waals surface area contributed by atoms with Crippen molar-refractivity contribution in [2.24, 2.45) is 7.05 Å². The van der Waals surface area contributed by atoms with Gasteiger partial charge in [-0.3, -0.25) is 9.69 Å². The Labute approximate surface area is 235 Å². The zero-order valence-electron chi connectivity index (χ0n) is 23.5. The van der Waals surface area contributed by atoms with Crippen molar-refractivity contribution in [1.82, 2.24) is 30.0 Å². The lowest BCUT2D eigenvalue weighted by Gasteiger charge is -2.43. The minimum absolute atomic E-state index is 0.0236. The highest BCUT2D eigenvalue weighted by atomic mass is 16.6. The number of hydrogen-bond donors (Lipinski definition) is 3. The third-order valence-corrected chi connectivity index (χ3v) is 7.71. The van der Waals surface area contributed by atoms with Crippen molar-refractivity contribution >= 4 is 17.6 Å². The number of aliphatic hydroxyl groups excluding tert-OH is 1. The molecule has 10 nitrogen and oxygen atoms in total. The van der Waals surface area contributed by atoms with E-state index in [0.717, 1.165) is 33.5 Å². The van der Waals surface area contributed by atoms with E-state index in [0.29, 0.717) is 26.2 Å². The number of nitrogens with zero attached hydrogens (tertiary/aromatic N) is 4. The predicted octanol–water partition coefficient (Wildman–Crippen LogP) is 2.59. The number of dihydropyridines is 1. The highest BCUT2D eigenvalue weighted by Crippen LogP contribution is 2.43. The number of rotatable bonds is 6. The molecule has 5 rings (SSSR count). The second-order valence-electron chi connectivity index (χ2n) is 10.8. The van der Waals surface area contributed by atoms with E-state index in [1.165, 1.54) is 0 Å². The van der Waals surface area contributed by atoms with E-state index in [2.05, 4.69) is 57.8 Å². The van der Waals surface area contributed by atoms with E-state index >= 15 is 0 Å². The first kappa shape index (κ1) is 27.7. The van der Waals surface area contributed by atoms with Gasteiger partial charge in [0.15, 0.2) is 0 Å². The molecule has 0 radical (unpaired) electrons. The monoisotopic (exact) mass is 546 g/mol. The van der Waals surface area contributed by atoms with Gasteiger partial charge in [-0.15, -0.1) is 0 Å². The Morgan fingerprint density at radius 3 is 2.67 bits per heavy atom. The normalized spacial score (nSPS) is 21.4. The number of piperazine rings is 1. The second kappa shape index (κ2) is 11.7. The number of allylic oxidation sites excluding steroid dienone is 2. The number of fused-ring (bicyclic) bond motifs is 2. The van der Waals surface area contributed by atoms with Crippen LogP contribution in [0.5, 0.6) is 0 Å². The smallest absolute Gasteiger partial charge is 0.410 e. The fourth-order valence-electron chi connectivity index (χ4n) is 5.81. The van der Waals surface area contributed by atoms with Crippen molar-refractivity contribution in [2.75, 3.05) is 32.8 Å². The summed E-state index contributed by atoms with van der Waals surface area (Å²) in [6.45, 7) is 7.73. The van der Waals surface area contributed by atoms with Gasteiger partial charge in [0.1, 0.15) is 6.61 Å². The first-order valence-corrected chi connectivity index (χ1v) is 13.8. The number of amides is 2. The molecule has 1 unspecified atom stereocenters. The number of nitrogens with one attached hydrogen (secondary N) is 2. The van der Waals surface area contributed by atoms with Gasteiger partial charge >= 0.3 is 6.09 Å². The van der Waals surface area contributed by atoms with Gasteiger partial charge in [0, 0.05) is 33.2 Å². The first-order chi connectivity index (χ1) is 19.3. The van der Waals surface area contributed by atoms with Gasteiger partial charge in [-0.25, -0.2) is 9.78 Å². The molecule has 3 aliphatic rings. The largest absolute Gasteiger partial charge is 0.447 e. The van der Waals surface area contributed by atoms with E-state index in [1.807, 2.05) is 37.7 Å². The van der Waals surface area contributed by atoms with Crippen LogP contribution in [-0.2, 0) is 16.6 Å². The lowest BCUT2D eigenvalue weighted by Crippen LogP contribution is -2.53. The standard InChI is InChI=1S/C30H38N6O4/c1-19(2)40-30(39)36-12-10-35(11-13-36)29-22-8-7-20(3)14-23(22)24(15-21-6-5-9-32-27(21)29)28(33-26(38)17-37)25-16-31-18-34(25)4/h5-9,14-16,18-19,27-29,32,37H,10-13,17H2,1-4H3,(H,33,38)/t27?,28-,29+/m1/s1. The minimum Gasteiger partial charge on any atom is -0.447 e. The summed E-state index contributed by atoms with van der Waals surface area (Å²) in [4.78, 5) is 33.7. The van der Waals surface area contributed by atoms with Gasteiger partial charge in [0.2, 0.25) is 5.91 Å². The summed E-state index contributed by atoms with van der Waals surface area (Å²) in [5, 5.41) is 16.3. The minimum atomic E-state index is -0.607. The maximum Gasteiger partial charge on any atom is 0.410 e. The molecule has 10 heteroatoms. The molecular weight excluding hydrogens is 508 g/mol. The topological polar surface area (TPSA) is 112 Å².